The summed E-state index contributed by atoms with van der Waals surface area (Å²) in [5.41, 5.74) is 6.69. The first-order valence-corrected chi connectivity index (χ1v) is 6.46. The minimum absolute atomic E-state index is 0.155. The van der Waals surface area contributed by atoms with E-state index in [1.807, 2.05) is 0 Å². The standard InChI is InChI=1S/C12H15N5O4/c1-6(19)20-8-2-7(3-18)21-12(8)17-5-16-9-10(13)14-4-15-11(9)17/h4-5,7-8,12,18H,2-3H2,1H3,(H2,13,14,15)/t7-,8-,12+/m0/s1. The van der Waals surface area contributed by atoms with E-state index in [4.69, 9.17) is 15.2 Å². The Hall–Kier alpha value is -2.26. The van der Waals surface area contributed by atoms with Gasteiger partial charge in [0.1, 0.15) is 17.9 Å². The Morgan fingerprint density at radius 1 is 1.57 bits per heavy atom. The van der Waals surface area contributed by atoms with E-state index in [-0.39, 0.29) is 12.4 Å². The molecule has 1 fully saturated rings. The lowest BCUT2D eigenvalue weighted by atomic mass is 10.2. The highest BCUT2D eigenvalue weighted by Gasteiger charge is 2.39. The first-order chi connectivity index (χ1) is 10.1. The highest BCUT2D eigenvalue weighted by atomic mass is 16.6. The topological polar surface area (TPSA) is 125 Å². The molecule has 3 rings (SSSR count). The first-order valence-electron chi connectivity index (χ1n) is 6.46. The van der Waals surface area contributed by atoms with Gasteiger partial charge < -0.3 is 20.3 Å². The Balaban J connectivity index is 1.99. The number of aliphatic hydroxyl groups excluding tert-OH is 1. The Kier molecular flexibility index (Phi) is 3.43. The molecule has 1 aliphatic heterocycles. The summed E-state index contributed by atoms with van der Waals surface area (Å²) < 4.78 is 12.6. The number of hydrogen-bond donors (Lipinski definition) is 2. The number of esters is 1. The summed E-state index contributed by atoms with van der Waals surface area (Å²) in [5, 5.41) is 9.25. The van der Waals surface area contributed by atoms with Crippen molar-refractivity contribution in [2.75, 3.05) is 12.3 Å². The summed E-state index contributed by atoms with van der Waals surface area (Å²) >= 11 is 0. The van der Waals surface area contributed by atoms with Gasteiger partial charge in [-0.2, -0.15) is 0 Å². The molecule has 112 valence electrons. The number of nitrogens with two attached hydrogens (primary N) is 1. The molecule has 0 aliphatic carbocycles. The Morgan fingerprint density at radius 3 is 3.10 bits per heavy atom. The molecule has 0 aromatic carbocycles. The van der Waals surface area contributed by atoms with Gasteiger partial charge in [0.25, 0.3) is 0 Å². The van der Waals surface area contributed by atoms with Crippen LogP contribution in [0.1, 0.15) is 19.6 Å². The summed E-state index contributed by atoms with van der Waals surface area (Å²) in [5.74, 6) is -0.148. The van der Waals surface area contributed by atoms with Crippen LogP contribution in [0.4, 0.5) is 5.82 Å². The maximum absolute atomic E-state index is 11.2. The quantitative estimate of drug-likeness (QED) is 0.733. The van der Waals surface area contributed by atoms with Crippen molar-refractivity contribution in [2.24, 2.45) is 0 Å². The van der Waals surface area contributed by atoms with Gasteiger partial charge in [0.15, 0.2) is 17.7 Å². The molecule has 9 nitrogen and oxygen atoms in total. The molecule has 0 amide bonds. The maximum atomic E-state index is 11.2. The van der Waals surface area contributed by atoms with Crippen molar-refractivity contribution in [1.29, 1.82) is 0 Å². The van der Waals surface area contributed by atoms with Crippen molar-refractivity contribution >= 4 is 23.0 Å². The van der Waals surface area contributed by atoms with Gasteiger partial charge in [-0.3, -0.25) is 9.36 Å². The van der Waals surface area contributed by atoms with Crippen molar-refractivity contribution in [3.63, 3.8) is 0 Å². The van der Waals surface area contributed by atoms with Crippen LogP contribution in [0.15, 0.2) is 12.7 Å². The normalized spacial score (nSPS) is 25.3. The molecule has 0 spiro atoms. The van der Waals surface area contributed by atoms with Gasteiger partial charge in [-0.05, 0) is 0 Å². The second-order valence-electron chi connectivity index (χ2n) is 4.80. The Labute approximate surface area is 119 Å². The lowest BCUT2D eigenvalue weighted by Crippen LogP contribution is -2.24. The smallest absolute Gasteiger partial charge is 0.303 e. The third-order valence-electron chi connectivity index (χ3n) is 3.33. The highest BCUT2D eigenvalue weighted by Crippen LogP contribution is 2.33. The number of aliphatic hydroxyl groups is 1. The maximum Gasteiger partial charge on any atom is 0.303 e. The van der Waals surface area contributed by atoms with Gasteiger partial charge in [0.05, 0.1) is 19.0 Å². The number of imidazole rings is 1. The van der Waals surface area contributed by atoms with E-state index in [2.05, 4.69) is 15.0 Å². The van der Waals surface area contributed by atoms with E-state index >= 15 is 0 Å². The van der Waals surface area contributed by atoms with Crippen molar-refractivity contribution < 1.29 is 19.4 Å². The second-order valence-corrected chi connectivity index (χ2v) is 4.80. The van der Waals surface area contributed by atoms with Gasteiger partial charge in [-0.25, -0.2) is 15.0 Å². The molecular weight excluding hydrogens is 278 g/mol. The summed E-state index contributed by atoms with van der Waals surface area (Å²) in [6.07, 6.45) is 1.71. The first kappa shape index (κ1) is 13.7. The monoisotopic (exact) mass is 293 g/mol. The zero-order chi connectivity index (χ0) is 15.0. The molecule has 3 atom stereocenters. The minimum atomic E-state index is -0.606. The minimum Gasteiger partial charge on any atom is -0.458 e. The number of nitrogens with zero attached hydrogens (tertiary/aromatic N) is 4. The molecule has 3 N–H and O–H groups in total. The van der Waals surface area contributed by atoms with Crippen LogP contribution in [0.5, 0.6) is 0 Å². The van der Waals surface area contributed by atoms with Gasteiger partial charge in [0.2, 0.25) is 0 Å². The zero-order valence-corrected chi connectivity index (χ0v) is 11.3. The molecule has 2 aromatic heterocycles. The molecule has 3 heterocycles. The van der Waals surface area contributed by atoms with E-state index in [0.29, 0.717) is 17.6 Å². The predicted octanol–water partition coefficient (Wildman–Crippen LogP) is -0.380. The summed E-state index contributed by atoms with van der Waals surface area (Å²) in [4.78, 5) is 23.4. The average Bonchev–Trinajstić information content (AvgIpc) is 3.02. The van der Waals surface area contributed by atoms with E-state index in [1.165, 1.54) is 19.6 Å². The van der Waals surface area contributed by atoms with E-state index in [9.17, 15) is 9.90 Å². The van der Waals surface area contributed by atoms with Crippen molar-refractivity contribution in [2.45, 2.75) is 31.8 Å². The molecule has 21 heavy (non-hydrogen) atoms. The highest BCUT2D eigenvalue weighted by molar-refractivity contribution is 5.81. The van der Waals surface area contributed by atoms with E-state index in [1.54, 1.807) is 4.57 Å². The van der Waals surface area contributed by atoms with Crippen molar-refractivity contribution in [3.05, 3.63) is 12.7 Å². The molecule has 1 saturated heterocycles. The van der Waals surface area contributed by atoms with Gasteiger partial charge in [-0.15, -0.1) is 0 Å². The van der Waals surface area contributed by atoms with E-state index < -0.39 is 24.4 Å². The SMILES string of the molecule is CC(=O)O[C@H]1C[C@@H](CO)O[C@H]1n1cnc2c(N)ncnc21. The largest absolute Gasteiger partial charge is 0.458 e. The summed E-state index contributed by atoms with van der Waals surface area (Å²) in [7, 11) is 0. The van der Waals surface area contributed by atoms with Gasteiger partial charge in [-0.1, -0.05) is 0 Å². The van der Waals surface area contributed by atoms with Crippen LogP contribution in [0, 0.1) is 0 Å². The predicted molar refractivity (Wildman–Crippen MR) is 70.9 cm³/mol. The van der Waals surface area contributed by atoms with Crippen LogP contribution < -0.4 is 5.73 Å². The number of ether oxygens (including phenoxy) is 2. The van der Waals surface area contributed by atoms with Crippen LogP contribution in [0.25, 0.3) is 11.2 Å². The zero-order valence-electron chi connectivity index (χ0n) is 11.3. The molecule has 0 saturated carbocycles. The summed E-state index contributed by atoms with van der Waals surface area (Å²) in [6, 6.07) is 0. The van der Waals surface area contributed by atoms with Gasteiger partial charge >= 0.3 is 5.97 Å². The lowest BCUT2D eigenvalue weighted by Gasteiger charge is -2.19. The van der Waals surface area contributed by atoms with Crippen molar-refractivity contribution in [3.8, 4) is 0 Å². The third kappa shape index (κ3) is 2.41. The van der Waals surface area contributed by atoms with Crippen LogP contribution in [-0.4, -0.2) is 49.4 Å². The third-order valence-corrected chi connectivity index (χ3v) is 3.33. The van der Waals surface area contributed by atoms with Crippen LogP contribution >= 0.6 is 0 Å². The van der Waals surface area contributed by atoms with Crippen LogP contribution in [0.3, 0.4) is 0 Å². The number of carbonyl (C=O) groups is 1. The average molecular weight is 293 g/mol. The molecule has 0 unspecified atom stereocenters. The van der Waals surface area contributed by atoms with Crippen LogP contribution in [-0.2, 0) is 14.3 Å². The fourth-order valence-corrected chi connectivity index (χ4v) is 2.45. The molecule has 2 aromatic rings. The lowest BCUT2D eigenvalue weighted by molar-refractivity contribution is -0.152. The van der Waals surface area contributed by atoms with Crippen LogP contribution in [0.2, 0.25) is 0 Å². The fourth-order valence-electron chi connectivity index (χ4n) is 2.45. The molecule has 1 aliphatic rings. The number of anilines is 1. The number of hydrogen-bond acceptors (Lipinski definition) is 8. The molecule has 0 bridgehead atoms. The number of fused-ring (bicyclic) bond motifs is 1. The number of rotatable bonds is 3. The summed E-state index contributed by atoms with van der Waals surface area (Å²) in [6.45, 7) is 1.17. The molecule has 0 radical (unpaired) electrons. The fraction of sp³-hybridized carbons (Fsp3) is 0.500. The molecular formula is C12H15N5O4. The molecule has 9 heteroatoms. The number of aromatic nitrogens is 4. The number of carbonyl (C=O) groups excluding carboxylic acids is 1. The Bertz CT molecular complexity index is 673. The Morgan fingerprint density at radius 2 is 2.38 bits per heavy atom. The van der Waals surface area contributed by atoms with Crippen molar-refractivity contribution in [1.82, 2.24) is 19.5 Å². The number of nitrogen functional groups attached to an aromatic ring is 1. The van der Waals surface area contributed by atoms with Gasteiger partial charge in [0, 0.05) is 13.3 Å². The second kappa shape index (κ2) is 5.26. The van der Waals surface area contributed by atoms with E-state index in [0.717, 1.165) is 0 Å².